The molecule has 2 aromatic carbocycles. The fraction of sp³-hybridized carbons (Fsp3) is 0.346. The maximum Gasteiger partial charge on any atom is 0.271 e. The Labute approximate surface area is 206 Å². The van der Waals surface area contributed by atoms with Gasteiger partial charge in [0.15, 0.2) is 5.82 Å². The Balaban J connectivity index is 1.80. The second-order valence-corrected chi connectivity index (χ2v) is 10.5. The van der Waals surface area contributed by atoms with Gasteiger partial charge in [0.05, 0.1) is 0 Å². The minimum Gasteiger partial charge on any atom is -0.618 e. The number of ether oxygens (including phenoxy) is 1. The van der Waals surface area contributed by atoms with E-state index in [4.69, 9.17) is 9.72 Å². The van der Waals surface area contributed by atoms with E-state index in [1.807, 2.05) is 74.5 Å². The van der Waals surface area contributed by atoms with E-state index in [9.17, 15) is 18.4 Å². The maximum absolute atomic E-state index is 13.3. The van der Waals surface area contributed by atoms with Crippen LogP contribution in [0.1, 0.15) is 26.7 Å². The Morgan fingerprint density at radius 1 is 1.03 bits per heavy atom. The number of carbonyl (C=O) groups is 1. The third-order valence-electron chi connectivity index (χ3n) is 5.49. The first-order chi connectivity index (χ1) is 16.7. The first-order valence-electron chi connectivity index (χ1n) is 11.5. The van der Waals surface area contributed by atoms with Crippen molar-refractivity contribution in [3.8, 4) is 22.5 Å². The van der Waals surface area contributed by atoms with Crippen LogP contribution in [0.15, 0.2) is 66.9 Å². The van der Waals surface area contributed by atoms with Gasteiger partial charge in [0.1, 0.15) is 12.3 Å². The summed E-state index contributed by atoms with van der Waals surface area (Å²) in [6, 6.07) is 19.2. The Morgan fingerprint density at radius 2 is 1.63 bits per heavy atom. The summed E-state index contributed by atoms with van der Waals surface area (Å²) >= 11 is 0. The van der Waals surface area contributed by atoms with Gasteiger partial charge in [0.2, 0.25) is 21.7 Å². The van der Waals surface area contributed by atoms with Crippen molar-refractivity contribution in [1.82, 2.24) is 4.98 Å². The lowest BCUT2D eigenvalue weighted by Crippen LogP contribution is -2.37. The van der Waals surface area contributed by atoms with Gasteiger partial charge in [-0.05, 0) is 38.8 Å². The quantitative estimate of drug-likeness (QED) is 0.226. The predicted octanol–water partition coefficient (Wildman–Crippen LogP) is 3.63. The van der Waals surface area contributed by atoms with Crippen LogP contribution < -0.4 is 9.63 Å². The average Bonchev–Trinajstić information content (AvgIpc) is 2.83. The van der Waals surface area contributed by atoms with Crippen LogP contribution in [0.3, 0.4) is 0 Å². The molecule has 0 fully saturated rings. The van der Waals surface area contributed by atoms with Crippen molar-refractivity contribution in [1.29, 1.82) is 0 Å². The maximum atomic E-state index is 13.3. The Bertz CT molecular complexity index is 1230. The lowest BCUT2D eigenvalue weighted by Gasteiger charge is -2.28. The molecule has 0 saturated heterocycles. The second kappa shape index (κ2) is 11.9. The fourth-order valence-corrected chi connectivity index (χ4v) is 3.95. The van der Waals surface area contributed by atoms with E-state index < -0.39 is 21.6 Å². The summed E-state index contributed by atoms with van der Waals surface area (Å²) in [4.78, 5) is 18.4. The summed E-state index contributed by atoms with van der Waals surface area (Å²) in [6.45, 7) is 4.51. The van der Waals surface area contributed by atoms with Crippen molar-refractivity contribution in [2.45, 2.75) is 32.7 Å². The molecule has 0 aliphatic carbocycles. The number of aromatic nitrogens is 2. The summed E-state index contributed by atoms with van der Waals surface area (Å²) in [5.41, 5.74) is 2.74. The van der Waals surface area contributed by atoms with Crippen LogP contribution in [-0.2, 0) is 19.4 Å². The molecule has 0 aliphatic rings. The van der Waals surface area contributed by atoms with E-state index in [2.05, 4.69) is 4.90 Å². The third-order valence-corrected chi connectivity index (χ3v) is 6.43. The summed E-state index contributed by atoms with van der Waals surface area (Å²) in [6.07, 6.45) is 3.73. The number of unbranched alkanes of at least 4 members (excludes halogenated alkanes) is 1. The lowest BCUT2D eigenvalue weighted by atomic mass is 10.0. The number of carbonyl (C=O) groups excluding carboxylic acids is 1. The van der Waals surface area contributed by atoms with Gasteiger partial charge in [-0.25, -0.2) is 13.4 Å². The summed E-state index contributed by atoms with van der Waals surface area (Å²) in [5, 5.41) is 12.4. The largest absolute Gasteiger partial charge is 0.618 e. The van der Waals surface area contributed by atoms with Gasteiger partial charge in [-0.15, -0.1) is 0 Å². The Morgan fingerprint density at radius 3 is 2.20 bits per heavy atom. The second-order valence-electron chi connectivity index (χ2n) is 8.55. The molecule has 3 aromatic rings. The molecule has 1 heterocycles. The zero-order valence-corrected chi connectivity index (χ0v) is 21.1. The number of anilines is 1. The van der Waals surface area contributed by atoms with Gasteiger partial charge >= 0.3 is 0 Å². The third kappa shape index (κ3) is 7.10. The first-order valence-corrected chi connectivity index (χ1v) is 13.4. The van der Waals surface area contributed by atoms with E-state index in [0.29, 0.717) is 36.6 Å². The van der Waals surface area contributed by atoms with E-state index in [1.54, 1.807) is 0 Å². The molecule has 0 unspecified atom stereocenters. The van der Waals surface area contributed by atoms with Gasteiger partial charge in [0.25, 0.3) is 5.12 Å². The molecule has 0 N–H and O–H groups in total. The summed E-state index contributed by atoms with van der Waals surface area (Å²) in [5.74, 6) is 0.571. The number of sulfone groups is 1. The molecule has 0 radical (unpaired) electrons. The molecule has 0 aliphatic heterocycles. The van der Waals surface area contributed by atoms with E-state index in [0.717, 1.165) is 22.1 Å². The standard InChI is InChI=1S/C26H31N3O5S/c1-20(2)28(16-10-11-17-34-19-24(30)35(3,32)33)23-18-29(31)26(22-14-8-5-9-15-22)25(27-23)21-12-6-4-7-13-21/h4-9,12-15,18,20H,10-11,16-17,19H2,1-3H3. The molecule has 35 heavy (non-hydrogen) atoms. The topological polar surface area (TPSA) is 104 Å². The molecule has 0 bridgehead atoms. The molecule has 0 saturated carbocycles. The number of benzene rings is 2. The highest BCUT2D eigenvalue weighted by Gasteiger charge is 2.24. The van der Waals surface area contributed by atoms with Gasteiger partial charge in [0, 0.05) is 36.6 Å². The Hall–Kier alpha value is -3.30. The predicted molar refractivity (Wildman–Crippen MR) is 136 cm³/mol. The molecule has 0 spiro atoms. The fourth-order valence-electron chi connectivity index (χ4n) is 3.65. The molecule has 186 valence electrons. The smallest absolute Gasteiger partial charge is 0.271 e. The van der Waals surface area contributed by atoms with Gasteiger partial charge < -0.3 is 14.8 Å². The Kier molecular flexibility index (Phi) is 8.95. The van der Waals surface area contributed by atoms with Crippen molar-refractivity contribution in [2.24, 2.45) is 0 Å². The minimum atomic E-state index is -3.72. The van der Waals surface area contributed by atoms with Crippen LogP contribution in [-0.4, -0.2) is 50.6 Å². The monoisotopic (exact) mass is 497 g/mol. The molecule has 8 nitrogen and oxygen atoms in total. The first kappa shape index (κ1) is 26.3. The molecule has 9 heteroatoms. The summed E-state index contributed by atoms with van der Waals surface area (Å²) in [7, 11) is -3.72. The molecule has 0 amide bonds. The van der Waals surface area contributed by atoms with Crippen LogP contribution in [0.4, 0.5) is 5.82 Å². The van der Waals surface area contributed by atoms with Gasteiger partial charge in [-0.1, -0.05) is 48.5 Å². The molecular formula is C26H31N3O5S. The molecule has 1 aromatic heterocycles. The number of hydrogen-bond acceptors (Lipinski definition) is 7. The van der Waals surface area contributed by atoms with Crippen LogP contribution >= 0.6 is 0 Å². The average molecular weight is 498 g/mol. The van der Waals surface area contributed by atoms with Crippen molar-refractivity contribution in [3.05, 3.63) is 72.1 Å². The minimum absolute atomic E-state index is 0.0847. The number of nitrogens with zero attached hydrogens (tertiary/aromatic N) is 3. The van der Waals surface area contributed by atoms with Crippen molar-refractivity contribution in [3.63, 3.8) is 0 Å². The number of hydrogen-bond donors (Lipinski definition) is 0. The summed E-state index contributed by atoms with van der Waals surface area (Å²) < 4.78 is 28.4. The van der Waals surface area contributed by atoms with Crippen LogP contribution in [0, 0.1) is 5.21 Å². The zero-order chi connectivity index (χ0) is 25.4. The van der Waals surface area contributed by atoms with Crippen LogP contribution in [0.5, 0.6) is 0 Å². The number of rotatable bonds is 11. The van der Waals surface area contributed by atoms with E-state index in [-0.39, 0.29) is 12.6 Å². The highest BCUT2D eigenvalue weighted by atomic mass is 32.2. The lowest BCUT2D eigenvalue weighted by molar-refractivity contribution is -0.593. The van der Waals surface area contributed by atoms with Crippen molar-refractivity contribution < 1.29 is 22.7 Å². The highest BCUT2D eigenvalue weighted by Crippen LogP contribution is 2.30. The zero-order valence-electron chi connectivity index (χ0n) is 20.3. The van der Waals surface area contributed by atoms with E-state index in [1.165, 1.54) is 6.20 Å². The SMILES string of the molecule is CC(C)N(CCCCOCC(=O)S(C)(=O)=O)c1c[n+]([O-])c(-c2ccccc2)c(-c2ccccc2)n1. The molecule has 3 rings (SSSR count). The normalized spacial score (nSPS) is 11.5. The van der Waals surface area contributed by atoms with Crippen LogP contribution in [0.25, 0.3) is 22.5 Å². The van der Waals surface area contributed by atoms with Crippen molar-refractivity contribution >= 4 is 20.8 Å². The van der Waals surface area contributed by atoms with Crippen LogP contribution in [0.2, 0.25) is 0 Å². The molecular weight excluding hydrogens is 466 g/mol. The van der Waals surface area contributed by atoms with Gasteiger partial charge in [-0.3, -0.25) is 4.79 Å². The molecule has 0 atom stereocenters. The van der Waals surface area contributed by atoms with Gasteiger partial charge in [-0.2, -0.15) is 4.73 Å². The van der Waals surface area contributed by atoms with E-state index >= 15 is 0 Å². The highest BCUT2D eigenvalue weighted by molar-refractivity contribution is 8.05. The van der Waals surface area contributed by atoms with Crippen molar-refractivity contribution in [2.75, 3.05) is 30.9 Å².